The number of piperazine rings is 1. The highest BCUT2D eigenvalue weighted by Gasteiger charge is 2.25. The van der Waals surface area contributed by atoms with Crippen LogP contribution in [0.3, 0.4) is 0 Å². The molecule has 1 rings (SSSR count). The molecule has 0 aromatic heterocycles. The highest BCUT2D eigenvalue weighted by Crippen LogP contribution is 2.08. The summed E-state index contributed by atoms with van der Waals surface area (Å²) in [6, 6.07) is 0. The quantitative estimate of drug-likeness (QED) is 0.640. The van der Waals surface area contributed by atoms with E-state index in [9.17, 15) is 8.42 Å². The van der Waals surface area contributed by atoms with Gasteiger partial charge in [-0.05, 0) is 6.92 Å². The number of hydrogen-bond donors (Lipinski definition) is 0. The molecular weight excluding hydrogens is 202 g/mol. The van der Waals surface area contributed by atoms with Crippen LogP contribution in [0.1, 0.15) is 6.92 Å². The van der Waals surface area contributed by atoms with Crippen molar-refractivity contribution in [1.29, 1.82) is 0 Å². The van der Waals surface area contributed by atoms with Crippen LogP contribution in [0, 0.1) is 0 Å². The highest BCUT2D eigenvalue weighted by molar-refractivity contribution is 7.89. The summed E-state index contributed by atoms with van der Waals surface area (Å²) in [5.74, 6) is 0.203. The van der Waals surface area contributed by atoms with Gasteiger partial charge in [0, 0.05) is 40.3 Å². The Hall–Kier alpha value is -0.170. The van der Waals surface area contributed by atoms with Gasteiger partial charge in [-0.25, -0.2) is 18.4 Å². The molecule has 84 valence electrons. The first-order valence-electron chi connectivity index (χ1n) is 4.87. The van der Waals surface area contributed by atoms with Gasteiger partial charge in [0.2, 0.25) is 10.0 Å². The fourth-order valence-electron chi connectivity index (χ4n) is 1.54. The van der Waals surface area contributed by atoms with E-state index in [1.165, 1.54) is 0 Å². The lowest BCUT2D eigenvalue weighted by Gasteiger charge is -2.37. The lowest BCUT2D eigenvalue weighted by molar-refractivity contribution is -0.00200. The predicted molar refractivity (Wildman–Crippen MR) is 56.3 cm³/mol. The Bertz CT molecular complexity index is 268. The Morgan fingerprint density at radius 3 is 2.00 bits per heavy atom. The van der Waals surface area contributed by atoms with E-state index in [1.807, 2.05) is 19.1 Å². The predicted octanol–water partition coefficient (Wildman–Crippen LogP) is -0.570. The standard InChI is InChI=1S/C8H19N3O2S/c1-4-14(12,13)11-7-5-10(6-8-11)9(2)3/h4-8H2,1-3H3. The van der Waals surface area contributed by atoms with Crippen molar-refractivity contribution >= 4 is 10.0 Å². The maximum absolute atomic E-state index is 11.5. The zero-order valence-corrected chi connectivity index (χ0v) is 9.92. The van der Waals surface area contributed by atoms with E-state index >= 15 is 0 Å². The molecule has 0 amide bonds. The summed E-state index contributed by atoms with van der Waals surface area (Å²) in [6.45, 7) is 4.47. The molecule has 0 bridgehead atoms. The third kappa shape index (κ3) is 2.66. The second kappa shape index (κ2) is 4.57. The fourth-order valence-corrected chi connectivity index (χ4v) is 2.62. The summed E-state index contributed by atoms with van der Waals surface area (Å²) in [5.41, 5.74) is 0. The smallest absolute Gasteiger partial charge is 0.213 e. The lowest BCUT2D eigenvalue weighted by Crippen LogP contribution is -2.52. The summed E-state index contributed by atoms with van der Waals surface area (Å²) in [7, 11) is 0.970. The van der Waals surface area contributed by atoms with Crippen molar-refractivity contribution in [1.82, 2.24) is 14.3 Å². The molecule has 1 saturated heterocycles. The van der Waals surface area contributed by atoms with Gasteiger partial charge in [0.25, 0.3) is 0 Å². The summed E-state index contributed by atoms with van der Waals surface area (Å²) in [5, 5.41) is 4.15. The fraction of sp³-hybridized carbons (Fsp3) is 1.00. The van der Waals surface area contributed by atoms with Crippen molar-refractivity contribution in [3.05, 3.63) is 0 Å². The van der Waals surface area contributed by atoms with E-state index < -0.39 is 10.0 Å². The molecule has 0 aromatic carbocycles. The highest BCUT2D eigenvalue weighted by atomic mass is 32.2. The van der Waals surface area contributed by atoms with Crippen molar-refractivity contribution in [2.75, 3.05) is 46.0 Å². The van der Waals surface area contributed by atoms with Crippen molar-refractivity contribution in [3.63, 3.8) is 0 Å². The number of hydrogen-bond acceptors (Lipinski definition) is 4. The van der Waals surface area contributed by atoms with Crippen molar-refractivity contribution < 1.29 is 8.42 Å². The molecule has 0 unspecified atom stereocenters. The van der Waals surface area contributed by atoms with E-state index in [2.05, 4.69) is 5.01 Å². The molecule has 5 nitrogen and oxygen atoms in total. The second-order valence-corrected chi connectivity index (χ2v) is 5.86. The average Bonchev–Trinajstić information content (AvgIpc) is 2.18. The molecule has 0 aromatic rings. The van der Waals surface area contributed by atoms with E-state index in [1.54, 1.807) is 11.2 Å². The third-order valence-corrected chi connectivity index (χ3v) is 4.42. The van der Waals surface area contributed by atoms with E-state index in [0.717, 1.165) is 13.1 Å². The van der Waals surface area contributed by atoms with Crippen LogP contribution in [0.4, 0.5) is 0 Å². The van der Waals surface area contributed by atoms with Crippen LogP contribution < -0.4 is 0 Å². The first kappa shape index (κ1) is 11.9. The van der Waals surface area contributed by atoms with Gasteiger partial charge in [-0.1, -0.05) is 0 Å². The van der Waals surface area contributed by atoms with Gasteiger partial charge >= 0.3 is 0 Å². The minimum atomic E-state index is -2.98. The Kier molecular flexibility index (Phi) is 3.88. The molecule has 1 fully saturated rings. The summed E-state index contributed by atoms with van der Waals surface area (Å²) in [4.78, 5) is 0. The summed E-state index contributed by atoms with van der Waals surface area (Å²) < 4.78 is 24.6. The number of nitrogens with zero attached hydrogens (tertiary/aromatic N) is 3. The van der Waals surface area contributed by atoms with Gasteiger partial charge in [-0.2, -0.15) is 4.31 Å². The van der Waals surface area contributed by atoms with Crippen LogP contribution in [0.15, 0.2) is 0 Å². The molecule has 14 heavy (non-hydrogen) atoms. The van der Waals surface area contributed by atoms with E-state index in [-0.39, 0.29) is 5.75 Å². The van der Waals surface area contributed by atoms with Crippen molar-refractivity contribution in [3.8, 4) is 0 Å². The minimum absolute atomic E-state index is 0.203. The SMILES string of the molecule is CCS(=O)(=O)N1CCN(N(C)C)CC1. The van der Waals surface area contributed by atoms with Gasteiger partial charge in [-0.3, -0.25) is 0 Å². The molecular formula is C8H19N3O2S. The Balaban J connectivity index is 2.52. The Morgan fingerprint density at radius 2 is 1.64 bits per heavy atom. The number of rotatable bonds is 3. The molecule has 0 aliphatic carbocycles. The summed E-state index contributed by atoms with van der Waals surface area (Å²) in [6.07, 6.45) is 0. The van der Waals surface area contributed by atoms with Crippen LogP contribution in [0.25, 0.3) is 0 Å². The zero-order chi connectivity index (χ0) is 10.8. The van der Waals surface area contributed by atoms with Gasteiger partial charge in [-0.15, -0.1) is 0 Å². The number of sulfonamides is 1. The maximum Gasteiger partial charge on any atom is 0.213 e. The molecule has 1 aliphatic rings. The normalized spacial score (nSPS) is 21.7. The van der Waals surface area contributed by atoms with Gasteiger partial charge in [0.1, 0.15) is 0 Å². The molecule has 1 aliphatic heterocycles. The van der Waals surface area contributed by atoms with Crippen molar-refractivity contribution in [2.45, 2.75) is 6.92 Å². The first-order chi connectivity index (χ1) is 6.47. The average molecular weight is 221 g/mol. The molecule has 1 heterocycles. The molecule has 0 atom stereocenters. The molecule has 0 saturated carbocycles. The van der Waals surface area contributed by atoms with Gasteiger partial charge in [0.15, 0.2) is 0 Å². The van der Waals surface area contributed by atoms with Crippen LogP contribution in [0.5, 0.6) is 0 Å². The lowest BCUT2D eigenvalue weighted by atomic mass is 10.4. The minimum Gasteiger partial charge on any atom is -0.248 e. The number of hydrazine groups is 1. The Morgan fingerprint density at radius 1 is 1.14 bits per heavy atom. The van der Waals surface area contributed by atoms with Gasteiger partial charge < -0.3 is 0 Å². The zero-order valence-electron chi connectivity index (χ0n) is 9.10. The van der Waals surface area contributed by atoms with E-state index in [4.69, 9.17) is 0 Å². The Labute approximate surface area is 86.3 Å². The van der Waals surface area contributed by atoms with Crippen molar-refractivity contribution in [2.24, 2.45) is 0 Å². The molecule has 0 spiro atoms. The molecule has 6 heteroatoms. The van der Waals surface area contributed by atoms with Gasteiger partial charge in [0.05, 0.1) is 5.75 Å². The summed E-state index contributed by atoms with van der Waals surface area (Å²) >= 11 is 0. The van der Waals surface area contributed by atoms with Crippen LogP contribution >= 0.6 is 0 Å². The van der Waals surface area contributed by atoms with Crippen LogP contribution in [0.2, 0.25) is 0 Å². The maximum atomic E-state index is 11.5. The van der Waals surface area contributed by atoms with E-state index in [0.29, 0.717) is 13.1 Å². The monoisotopic (exact) mass is 221 g/mol. The topological polar surface area (TPSA) is 43.9 Å². The third-order valence-electron chi connectivity index (χ3n) is 2.54. The van der Waals surface area contributed by atoms with Crippen LogP contribution in [-0.4, -0.2) is 68.8 Å². The second-order valence-electron chi connectivity index (χ2n) is 3.60. The van der Waals surface area contributed by atoms with Crippen LogP contribution in [-0.2, 0) is 10.0 Å². The molecule has 0 radical (unpaired) electrons. The molecule has 0 N–H and O–H groups in total. The largest absolute Gasteiger partial charge is 0.248 e. The first-order valence-corrected chi connectivity index (χ1v) is 6.48.